The van der Waals surface area contributed by atoms with Gasteiger partial charge in [-0.25, -0.2) is 14.2 Å². The Hall–Kier alpha value is -3.60. The second kappa shape index (κ2) is 20.0. The van der Waals surface area contributed by atoms with Gasteiger partial charge in [0, 0.05) is 26.1 Å². The fourth-order valence-electron chi connectivity index (χ4n) is 18.1. The topological polar surface area (TPSA) is 235 Å². The molecule has 0 saturated heterocycles. The van der Waals surface area contributed by atoms with E-state index >= 15 is 0 Å². The lowest BCUT2D eigenvalue weighted by Gasteiger charge is -2.62. The summed E-state index contributed by atoms with van der Waals surface area (Å²) in [4.78, 5) is 49.3. The molecule has 2 aromatic heterocycles. The lowest BCUT2D eigenvalue weighted by Crippen LogP contribution is -2.58. The Labute approximate surface area is 416 Å². The fourth-order valence-corrected chi connectivity index (χ4v) is 18.1. The zero-order chi connectivity index (χ0) is 48.6. The van der Waals surface area contributed by atoms with E-state index in [2.05, 4.69) is 34.5 Å². The number of methoxy groups -OCH3 is 2. The van der Waals surface area contributed by atoms with Crippen molar-refractivity contribution in [3.05, 3.63) is 23.8 Å². The molecule has 0 radical (unpaired) electrons. The quantitative estimate of drug-likeness (QED) is 0.159. The first-order valence-electron chi connectivity index (χ1n) is 26.0. The Morgan fingerprint density at radius 2 is 1.01 bits per heavy atom. The van der Waals surface area contributed by atoms with Gasteiger partial charge in [0.05, 0.1) is 36.8 Å². The van der Waals surface area contributed by atoms with Crippen LogP contribution in [0, 0.1) is 80.8 Å². The van der Waals surface area contributed by atoms with Crippen molar-refractivity contribution in [3.63, 3.8) is 0 Å². The number of carbonyl (C=O) groups excluding carboxylic acids is 3. The first kappa shape index (κ1) is 54.2. The van der Waals surface area contributed by atoms with Crippen molar-refractivity contribution in [2.45, 2.75) is 182 Å². The summed E-state index contributed by atoms with van der Waals surface area (Å²) in [5, 5.41) is 46.0. The summed E-state index contributed by atoms with van der Waals surface area (Å²) < 4.78 is 14.5. The molecule has 0 aromatic carbocycles. The number of fused-ring (bicyclic) bond motifs is 10. The lowest BCUT2D eigenvalue weighted by atomic mass is 9.43. The van der Waals surface area contributed by atoms with Crippen LogP contribution in [0.15, 0.2) is 12.4 Å². The predicted octanol–water partition coefficient (Wildman–Crippen LogP) is 7.84. The van der Waals surface area contributed by atoms with Crippen LogP contribution in [0.4, 0.5) is 0 Å². The zero-order valence-electron chi connectivity index (χ0n) is 41.5. The van der Waals surface area contributed by atoms with Crippen LogP contribution in [0.1, 0.15) is 179 Å². The number of ether oxygens (including phenoxy) is 2. The largest absolute Gasteiger partial charge is 0.476 e. The van der Waals surface area contributed by atoms with E-state index in [9.17, 15) is 29.4 Å². The van der Waals surface area contributed by atoms with E-state index in [4.69, 9.17) is 20.3 Å². The first-order chi connectivity index (χ1) is 32.2. The molecule has 8 saturated carbocycles. The number of aromatic nitrogens is 6. The molecule has 16 heteroatoms. The lowest BCUT2D eigenvalue weighted by molar-refractivity contribution is -0.175. The molecule has 8 fully saturated rings. The number of carbonyl (C=O) groups is 4. The van der Waals surface area contributed by atoms with Crippen molar-refractivity contribution in [3.8, 4) is 0 Å². The summed E-state index contributed by atoms with van der Waals surface area (Å²) >= 11 is 0. The Kier molecular flexibility index (Phi) is 15.5. The highest BCUT2D eigenvalue weighted by Crippen LogP contribution is 2.70. The van der Waals surface area contributed by atoms with Crippen LogP contribution in [0.3, 0.4) is 0 Å². The van der Waals surface area contributed by atoms with Crippen LogP contribution in [-0.2, 0) is 32.2 Å². The van der Waals surface area contributed by atoms with Crippen molar-refractivity contribution in [2.75, 3.05) is 27.4 Å². The molecule has 16 nitrogen and oxygen atoms in total. The molecule has 16 atom stereocenters. The molecule has 0 bridgehead atoms. The van der Waals surface area contributed by atoms with Gasteiger partial charge in [-0.2, -0.15) is 0 Å². The van der Waals surface area contributed by atoms with Crippen molar-refractivity contribution < 1.29 is 44.0 Å². The number of rotatable bonds is 12. The highest BCUT2D eigenvalue weighted by Gasteiger charge is 2.65. The fraction of sp³-hybridized carbons (Fsp3) is 0.852. The number of carboxylic acids is 1. The summed E-state index contributed by atoms with van der Waals surface area (Å²) in [6.07, 6.45) is 21.4. The molecule has 8 aliphatic carbocycles. The van der Waals surface area contributed by atoms with Gasteiger partial charge in [-0.1, -0.05) is 39.1 Å². The van der Waals surface area contributed by atoms with Crippen molar-refractivity contribution in [2.24, 2.45) is 86.6 Å². The smallest absolute Gasteiger partial charge is 0.358 e. The molecule has 70 heavy (non-hydrogen) atoms. The van der Waals surface area contributed by atoms with Gasteiger partial charge in [0.15, 0.2) is 23.0 Å². The molecule has 8 aliphatic rings. The normalized spacial score (nSPS) is 42.3. The van der Waals surface area contributed by atoms with Gasteiger partial charge in [-0.3, -0.25) is 14.4 Å². The van der Waals surface area contributed by atoms with Crippen LogP contribution < -0.4 is 5.73 Å². The number of carboxylic acid groups (broad SMARTS) is 1. The molecular formula is C54H87N7O9. The molecule has 0 aliphatic heterocycles. The average molecular weight is 978 g/mol. The van der Waals surface area contributed by atoms with E-state index in [1.54, 1.807) is 0 Å². The maximum atomic E-state index is 13.4. The number of hydrogen-bond acceptors (Lipinski definition) is 12. The van der Waals surface area contributed by atoms with Gasteiger partial charge in [0.2, 0.25) is 0 Å². The van der Waals surface area contributed by atoms with E-state index in [1.807, 2.05) is 28.1 Å². The molecule has 0 spiro atoms. The maximum absolute atomic E-state index is 13.4. The number of nitrogens with two attached hydrogens (primary N) is 1. The monoisotopic (exact) mass is 978 g/mol. The third kappa shape index (κ3) is 9.35. The van der Waals surface area contributed by atoms with Gasteiger partial charge in [0.1, 0.15) is 13.1 Å². The minimum Gasteiger partial charge on any atom is -0.476 e. The number of nitrogens with zero attached hydrogens (tertiary/aromatic N) is 6. The van der Waals surface area contributed by atoms with Crippen LogP contribution in [0.5, 0.6) is 0 Å². The number of Topliss-reactive ketones (excluding diaryl/α,β-unsaturated/α-hetero) is 2. The van der Waals surface area contributed by atoms with E-state index in [0.29, 0.717) is 47.3 Å². The van der Waals surface area contributed by atoms with Crippen LogP contribution in [-0.4, -0.2) is 107 Å². The predicted molar refractivity (Wildman–Crippen MR) is 263 cm³/mol. The van der Waals surface area contributed by atoms with E-state index in [0.717, 1.165) is 116 Å². The molecule has 10 rings (SSSR count). The summed E-state index contributed by atoms with van der Waals surface area (Å²) in [6, 6.07) is 0. The number of aromatic carboxylic acids is 1. The molecule has 1 amide bonds. The highest BCUT2D eigenvalue weighted by atomic mass is 16.5. The van der Waals surface area contributed by atoms with Gasteiger partial charge in [-0.15, -0.1) is 10.2 Å². The standard InChI is InChI=1S/C26H40N4O4.C26H39N3O5.2CH4/c1-24(33)10-11-26(15-34-3)16(12-24)4-5-17-18-6-7-20(25(18,2)9-8-19(17)26)22(31)14-30-13-21(23(27)32)28-29-30;1-24(33)10-11-26(15-34-3)16(12-24)4-5-17-18-6-7-20(25(18,2)9-8-19(17)26)22(30)14-29-13-21(23(31)32)27-28-29;;/h13,16-20,33H,4-12,14-15H2,1-3H3,(H2,27,32);13,16-20,33H,4-12,14-15H2,1-3H3,(H,31,32);2*1H4/t2*16-,17-,18-,19-,20+,24+,25-,26+;;/m00../s1. The summed E-state index contributed by atoms with van der Waals surface area (Å²) in [6.45, 7) is 10.5. The van der Waals surface area contributed by atoms with Crippen LogP contribution in [0.25, 0.3) is 0 Å². The molecule has 0 unspecified atom stereocenters. The minimum atomic E-state index is -1.13. The average Bonchev–Trinajstić information content (AvgIpc) is 4.09. The molecule has 2 aromatic rings. The van der Waals surface area contributed by atoms with Crippen LogP contribution in [0.2, 0.25) is 0 Å². The molecule has 5 N–H and O–H groups in total. The number of hydrogen-bond donors (Lipinski definition) is 4. The number of ketones is 2. The second-order valence-corrected chi connectivity index (χ2v) is 24.6. The van der Waals surface area contributed by atoms with E-state index in [-0.39, 0.29) is 84.4 Å². The minimum absolute atomic E-state index is 0. The third-order valence-corrected chi connectivity index (χ3v) is 21.1. The SMILES string of the molecule is C.C.COC[C@]12CC[C@@](C)(O)C[C@@H]1CC[C@H]1[C@@H]3CC[C@H](C(=O)Cn4cc(C(=O)O)nn4)[C@@]3(C)CC[C@@H]12.COC[C@]12CC[C@@](C)(O)C[C@@H]1CC[C@H]1[C@@H]3CC[C@H](C(=O)Cn4cc(C(N)=O)nn4)[C@@]3(C)CC[C@@H]12. The van der Waals surface area contributed by atoms with Gasteiger partial charge in [0.25, 0.3) is 5.91 Å². The number of primary amides is 1. The van der Waals surface area contributed by atoms with Crippen molar-refractivity contribution >= 4 is 23.4 Å². The van der Waals surface area contributed by atoms with Gasteiger partial charge in [-0.05, 0) is 198 Å². The summed E-state index contributed by atoms with van der Waals surface area (Å²) in [5.41, 5.74) is 4.42. The Balaban J connectivity index is 0.000000201. The Morgan fingerprint density at radius 3 is 1.39 bits per heavy atom. The summed E-state index contributed by atoms with van der Waals surface area (Å²) in [7, 11) is 3.65. The van der Waals surface area contributed by atoms with Gasteiger partial charge < -0.3 is 30.5 Å². The number of aliphatic hydroxyl groups is 2. The third-order valence-electron chi connectivity index (χ3n) is 21.1. The van der Waals surface area contributed by atoms with E-state index < -0.39 is 23.1 Å². The Bertz CT molecular complexity index is 2070. The van der Waals surface area contributed by atoms with Gasteiger partial charge >= 0.3 is 5.97 Å². The summed E-state index contributed by atoms with van der Waals surface area (Å²) in [5.74, 6) is 3.14. The zero-order valence-corrected chi connectivity index (χ0v) is 41.5. The van der Waals surface area contributed by atoms with E-state index in [1.165, 1.54) is 34.6 Å². The molecule has 2 heterocycles. The van der Waals surface area contributed by atoms with Crippen molar-refractivity contribution in [1.29, 1.82) is 0 Å². The second-order valence-electron chi connectivity index (χ2n) is 24.6. The maximum Gasteiger partial charge on any atom is 0.358 e. The number of amides is 1. The molecule has 392 valence electrons. The highest BCUT2D eigenvalue weighted by molar-refractivity contribution is 5.90. The molecular weight excluding hydrogens is 891 g/mol. The van der Waals surface area contributed by atoms with Crippen LogP contribution >= 0.6 is 0 Å². The Morgan fingerprint density at radius 1 is 0.600 bits per heavy atom. The first-order valence-corrected chi connectivity index (χ1v) is 26.0. The van der Waals surface area contributed by atoms with Crippen molar-refractivity contribution in [1.82, 2.24) is 30.0 Å².